The molecule has 0 radical (unpaired) electrons. The molecule has 1 fully saturated rings. The van der Waals surface area contributed by atoms with Gasteiger partial charge in [-0.1, -0.05) is 18.2 Å². The van der Waals surface area contributed by atoms with E-state index < -0.39 is 0 Å². The molecule has 96 valence electrons. The molecule has 1 aliphatic rings. The van der Waals surface area contributed by atoms with Crippen molar-refractivity contribution in [3.05, 3.63) is 36.0 Å². The molecule has 1 aromatic heterocycles. The van der Waals surface area contributed by atoms with Crippen molar-refractivity contribution in [2.24, 2.45) is 0 Å². The van der Waals surface area contributed by atoms with Crippen molar-refractivity contribution < 1.29 is 4.74 Å². The Hall–Kier alpha value is -2.12. The number of pyridine rings is 1. The maximum absolute atomic E-state index is 9.27. The van der Waals surface area contributed by atoms with Crippen molar-refractivity contribution in [3.8, 4) is 6.07 Å². The van der Waals surface area contributed by atoms with Crippen LogP contribution in [0.4, 0.5) is 5.69 Å². The zero-order valence-electron chi connectivity index (χ0n) is 10.8. The first kappa shape index (κ1) is 11.9. The minimum Gasteiger partial charge on any atom is -0.379 e. The van der Waals surface area contributed by atoms with E-state index in [1.807, 2.05) is 24.3 Å². The molecule has 1 aliphatic heterocycles. The highest BCUT2D eigenvalue weighted by molar-refractivity contribution is 5.94. The molecular formula is C15H15N3O. The molecule has 1 unspecified atom stereocenters. The van der Waals surface area contributed by atoms with Crippen LogP contribution in [0.25, 0.3) is 10.9 Å². The predicted molar refractivity (Wildman–Crippen MR) is 73.9 cm³/mol. The van der Waals surface area contributed by atoms with Crippen molar-refractivity contribution in [1.82, 2.24) is 4.98 Å². The van der Waals surface area contributed by atoms with E-state index in [0.29, 0.717) is 12.2 Å². The third kappa shape index (κ3) is 2.13. The Balaban J connectivity index is 2.12. The first-order valence-electron chi connectivity index (χ1n) is 6.36. The standard InChI is InChI=1S/C15H15N3O/c1-15(6-7-19-10-15)18-14-11(8-16)9-17-13-5-3-2-4-12(13)14/h2-5,9H,6-7,10H2,1H3,(H,17,18). The molecule has 4 heteroatoms. The molecule has 1 atom stereocenters. The SMILES string of the molecule is CC1(Nc2c(C#N)cnc3ccccc23)CCOC1. The summed E-state index contributed by atoms with van der Waals surface area (Å²) in [5.41, 5.74) is 2.22. The summed E-state index contributed by atoms with van der Waals surface area (Å²) in [5, 5.41) is 13.7. The molecule has 4 nitrogen and oxygen atoms in total. The summed E-state index contributed by atoms with van der Waals surface area (Å²) in [4.78, 5) is 4.32. The van der Waals surface area contributed by atoms with Crippen molar-refractivity contribution in [3.63, 3.8) is 0 Å². The lowest BCUT2D eigenvalue weighted by atomic mass is 9.99. The molecule has 3 rings (SSSR count). The van der Waals surface area contributed by atoms with Crippen LogP contribution in [0.1, 0.15) is 18.9 Å². The highest BCUT2D eigenvalue weighted by atomic mass is 16.5. The van der Waals surface area contributed by atoms with E-state index in [1.165, 1.54) is 0 Å². The first-order valence-corrected chi connectivity index (χ1v) is 6.36. The fourth-order valence-corrected chi connectivity index (χ4v) is 2.43. The molecular weight excluding hydrogens is 238 g/mol. The van der Waals surface area contributed by atoms with Gasteiger partial charge in [0.1, 0.15) is 6.07 Å². The normalized spacial score (nSPS) is 22.3. The number of aromatic nitrogens is 1. The maximum Gasteiger partial charge on any atom is 0.103 e. The average Bonchev–Trinajstić information content (AvgIpc) is 2.86. The summed E-state index contributed by atoms with van der Waals surface area (Å²) in [6.07, 6.45) is 2.57. The van der Waals surface area contributed by atoms with E-state index in [9.17, 15) is 5.26 Å². The third-order valence-corrected chi connectivity index (χ3v) is 3.54. The number of para-hydroxylation sites is 1. The molecule has 1 saturated heterocycles. The number of hydrogen-bond donors (Lipinski definition) is 1. The molecule has 1 aromatic carbocycles. The lowest BCUT2D eigenvalue weighted by molar-refractivity contribution is 0.185. The van der Waals surface area contributed by atoms with Gasteiger partial charge in [0, 0.05) is 18.2 Å². The summed E-state index contributed by atoms with van der Waals surface area (Å²) in [7, 11) is 0. The van der Waals surface area contributed by atoms with E-state index in [2.05, 4.69) is 23.3 Å². The quantitative estimate of drug-likeness (QED) is 0.894. The van der Waals surface area contributed by atoms with Crippen LogP contribution in [0, 0.1) is 11.3 Å². The highest BCUT2D eigenvalue weighted by Crippen LogP contribution is 2.31. The van der Waals surface area contributed by atoms with Crippen LogP contribution < -0.4 is 5.32 Å². The number of rotatable bonds is 2. The van der Waals surface area contributed by atoms with Gasteiger partial charge in [0.15, 0.2) is 0 Å². The van der Waals surface area contributed by atoms with Gasteiger partial charge in [0.2, 0.25) is 0 Å². The van der Waals surface area contributed by atoms with Gasteiger partial charge in [-0.2, -0.15) is 5.26 Å². The molecule has 0 saturated carbocycles. The smallest absolute Gasteiger partial charge is 0.103 e. The topological polar surface area (TPSA) is 57.9 Å². The third-order valence-electron chi connectivity index (χ3n) is 3.54. The maximum atomic E-state index is 9.27. The van der Waals surface area contributed by atoms with E-state index in [1.54, 1.807) is 6.20 Å². The molecule has 2 aromatic rings. The van der Waals surface area contributed by atoms with Gasteiger partial charge in [0.05, 0.1) is 28.9 Å². The van der Waals surface area contributed by atoms with Crippen LogP contribution in [0.5, 0.6) is 0 Å². The van der Waals surface area contributed by atoms with E-state index in [4.69, 9.17) is 4.74 Å². The van der Waals surface area contributed by atoms with Crippen molar-refractivity contribution in [2.45, 2.75) is 18.9 Å². The van der Waals surface area contributed by atoms with E-state index in [-0.39, 0.29) is 5.54 Å². The monoisotopic (exact) mass is 253 g/mol. The van der Waals surface area contributed by atoms with Crippen LogP contribution in [-0.2, 0) is 4.74 Å². The summed E-state index contributed by atoms with van der Waals surface area (Å²) in [6, 6.07) is 10.1. The summed E-state index contributed by atoms with van der Waals surface area (Å²) in [5.74, 6) is 0. The average molecular weight is 253 g/mol. The van der Waals surface area contributed by atoms with E-state index >= 15 is 0 Å². The van der Waals surface area contributed by atoms with Gasteiger partial charge in [-0.15, -0.1) is 0 Å². The van der Waals surface area contributed by atoms with Gasteiger partial charge in [0.25, 0.3) is 0 Å². The number of fused-ring (bicyclic) bond motifs is 1. The molecule has 2 heterocycles. The molecule has 1 N–H and O–H groups in total. The second-order valence-electron chi connectivity index (χ2n) is 5.16. The number of nitriles is 1. The van der Waals surface area contributed by atoms with Crippen LogP contribution in [0.15, 0.2) is 30.5 Å². The van der Waals surface area contributed by atoms with Crippen LogP contribution in [0.2, 0.25) is 0 Å². The van der Waals surface area contributed by atoms with Gasteiger partial charge < -0.3 is 10.1 Å². The number of nitrogens with zero attached hydrogens (tertiary/aromatic N) is 2. The Labute approximate surface area is 112 Å². The second kappa shape index (κ2) is 4.52. The number of ether oxygens (including phenoxy) is 1. The Morgan fingerprint density at radius 2 is 2.26 bits per heavy atom. The minimum atomic E-state index is -0.115. The Morgan fingerprint density at radius 1 is 1.42 bits per heavy atom. The Kier molecular flexibility index (Phi) is 2.84. The number of hydrogen-bond acceptors (Lipinski definition) is 4. The second-order valence-corrected chi connectivity index (χ2v) is 5.16. The van der Waals surface area contributed by atoms with Gasteiger partial charge in [-0.25, -0.2) is 0 Å². The van der Waals surface area contributed by atoms with E-state index in [0.717, 1.165) is 29.6 Å². The molecule has 19 heavy (non-hydrogen) atoms. The predicted octanol–water partition coefficient (Wildman–Crippen LogP) is 2.70. The largest absolute Gasteiger partial charge is 0.379 e. The first-order chi connectivity index (χ1) is 9.22. The fraction of sp³-hybridized carbons (Fsp3) is 0.333. The lowest BCUT2D eigenvalue weighted by Crippen LogP contribution is -2.35. The van der Waals surface area contributed by atoms with Crippen LogP contribution in [-0.4, -0.2) is 23.7 Å². The van der Waals surface area contributed by atoms with Gasteiger partial charge in [-0.3, -0.25) is 4.98 Å². The molecule has 0 bridgehead atoms. The number of benzene rings is 1. The van der Waals surface area contributed by atoms with Gasteiger partial charge in [-0.05, 0) is 19.4 Å². The fourth-order valence-electron chi connectivity index (χ4n) is 2.43. The Morgan fingerprint density at radius 3 is 3.00 bits per heavy atom. The number of nitrogens with one attached hydrogen (secondary N) is 1. The summed E-state index contributed by atoms with van der Waals surface area (Å²) < 4.78 is 5.46. The number of anilines is 1. The minimum absolute atomic E-state index is 0.115. The van der Waals surface area contributed by atoms with Crippen LogP contribution in [0.3, 0.4) is 0 Å². The molecule has 0 aliphatic carbocycles. The zero-order valence-corrected chi connectivity index (χ0v) is 10.8. The zero-order chi connectivity index (χ0) is 13.3. The lowest BCUT2D eigenvalue weighted by Gasteiger charge is -2.26. The van der Waals surface area contributed by atoms with Gasteiger partial charge >= 0.3 is 0 Å². The summed E-state index contributed by atoms with van der Waals surface area (Å²) in [6.45, 7) is 3.54. The summed E-state index contributed by atoms with van der Waals surface area (Å²) >= 11 is 0. The molecule has 0 spiro atoms. The Bertz CT molecular complexity index is 654. The van der Waals surface area contributed by atoms with Crippen LogP contribution >= 0.6 is 0 Å². The van der Waals surface area contributed by atoms with Crippen molar-refractivity contribution in [2.75, 3.05) is 18.5 Å². The highest BCUT2D eigenvalue weighted by Gasteiger charge is 2.30. The van der Waals surface area contributed by atoms with Crippen molar-refractivity contribution >= 4 is 16.6 Å². The molecule has 0 amide bonds. The van der Waals surface area contributed by atoms with Crippen molar-refractivity contribution in [1.29, 1.82) is 5.26 Å².